The zero-order valence-corrected chi connectivity index (χ0v) is 15.8. The quantitative estimate of drug-likeness (QED) is 0.791. The van der Waals surface area contributed by atoms with E-state index in [-0.39, 0.29) is 5.91 Å². The van der Waals surface area contributed by atoms with Gasteiger partial charge < -0.3 is 9.80 Å². The lowest BCUT2D eigenvalue weighted by molar-refractivity contribution is 0.0600. The highest BCUT2D eigenvalue weighted by Gasteiger charge is 2.27. The molecule has 26 heavy (non-hydrogen) atoms. The highest BCUT2D eigenvalue weighted by molar-refractivity contribution is 5.92. The topological polar surface area (TPSA) is 49.3 Å². The summed E-state index contributed by atoms with van der Waals surface area (Å²) in [7, 11) is 0. The Morgan fingerprint density at radius 2 is 1.92 bits per heavy atom. The lowest BCUT2D eigenvalue weighted by Gasteiger charge is -2.35. The van der Waals surface area contributed by atoms with E-state index in [4.69, 9.17) is 0 Å². The van der Waals surface area contributed by atoms with Gasteiger partial charge in [0, 0.05) is 25.7 Å². The van der Waals surface area contributed by atoms with Gasteiger partial charge in [0.1, 0.15) is 0 Å². The molecule has 5 heteroatoms. The molecule has 1 unspecified atom stereocenters. The van der Waals surface area contributed by atoms with E-state index >= 15 is 0 Å². The fourth-order valence-electron chi connectivity index (χ4n) is 3.61. The summed E-state index contributed by atoms with van der Waals surface area (Å²) in [6, 6.07) is 14.4. The van der Waals surface area contributed by atoms with E-state index in [0.29, 0.717) is 11.7 Å². The van der Waals surface area contributed by atoms with Crippen LogP contribution in [0.25, 0.3) is 0 Å². The van der Waals surface area contributed by atoms with Gasteiger partial charge in [-0.05, 0) is 50.3 Å². The number of amides is 1. The van der Waals surface area contributed by atoms with E-state index in [1.165, 1.54) is 12.0 Å². The van der Waals surface area contributed by atoms with Crippen molar-refractivity contribution in [3.05, 3.63) is 53.7 Å². The molecule has 1 amide bonds. The summed E-state index contributed by atoms with van der Waals surface area (Å²) in [6.07, 6.45) is 4.37. The van der Waals surface area contributed by atoms with Crippen LogP contribution in [-0.4, -0.2) is 40.1 Å². The molecule has 2 heterocycles. The molecule has 1 atom stereocenters. The first kappa shape index (κ1) is 18.4. The zero-order chi connectivity index (χ0) is 18.4. The molecule has 1 aromatic carbocycles. The second kappa shape index (κ2) is 8.79. The zero-order valence-electron chi connectivity index (χ0n) is 15.8. The smallest absolute Gasteiger partial charge is 0.274 e. The van der Waals surface area contributed by atoms with Crippen LogP contribution in [-0.2, 0) is 6.54 Å². The first-order valence-electron chi connectivity index (χ1n) is 9.66. The second-order valence-electron chi connectivity index (χ2n) is 6.83. The summed E-state index contributed by atoms with van der Waals surface area (Å²) in [5.41, 5.74) is 1.68. The van der Waals surface area contributed by atoms with Crippen LogP contribution < -0.4 is 4.90 Å². The predicted octanol–water partition coefficient (Wildman–Crippen LogP) is 3.91. The number of benzene rings is 1. The summed E-state index contributed by atoms with van der Waals surface area (Å²) in [6.45, 7) is 6.69. The van der Waals surface area contributed by atoms with Crippen molar-refractivity contribution in [1.82, 2.24) is 15.1 Å². The van der Waals surface area contributed by atoms with Crippen molar-refractivity contribution < 1.29 is 4.79 Å². The van der Waals surface area contributed by atoms with Crippen molar-refractivity contribution in [3.8, 4) is 0 Å². The fraction of sp³-hybridized carbons (Fsp3) is 0.476. The molecule has 2 aromatic rings. The van der Waals surface area contributed by atoms with Gasteiger partial charge in [-0.15, -0.1) is 10.2 Å². The van der Waals surface area contributed by atoms with E-state index in [1.54, 1.807) is 0 Å². The minimum atomic E-state index is 0.0155. The summed E-state index contributed by atoms with van der Waals surface area (Å²) >= 11 is 0. The first-order valence-corrected chi connectivity index (χ1v) is 9.66. The second-order valence-corrected chi connectivity index (χ2v) is 6.83. The lowest BCUT2D eigenvalue weighted by atomic mass is 9.99. The number of carbonyl (C=O) groups is 1. The van der Waals surface area contributed by atoms with E-state index in [9.17, 15) is 4.79 Å². The number of aromatic nitrogens is 2. The molecule has 3 rings (SSSR count). The highest BCUT2D eigenvalue weighted by atomic mass is 16.2. The van der Waals surface area contributed by atoms with Gasteiger partial charge in [0.2, 0.25) is 0 Å². The van der Waals surface area contributed by atoms with Crippen LogP contribution in [0.1, 0.15) is 55.6 Å². The molecular formula is C21H28N4O. The van der Waals surface area contributed by atoms with E-state index in [0.717, 1.165) is 44.7 Å². The Morgan fingerprint density at radius 3 is 2.58 bits per heavy atom. The standard InChI is InChI=1S/C21H28N4O/c1-3-18-12-8-9-15-25(18)21(26)19-13-14-20(23-22-19)24(4-2)16-17-10-6-5-7-11-17/h5-7,10-11,13-14,18H,3-4,8-9,12,15-16H2,1-2H3. The summed E-state index contributed by atoms with van der Waals surface area (Å²) in [5, 5.41) is 8.59. The molecule has 1 aliphatic heterocycles. The lowest BCUT2D eigenvalue weighted by Crippen LogP contribution is -2.43. The van der Waals surface area contributed by atoms with Gasteiger partial charge in [-0.2, -0.15) is 0 Å². The molecule has 5 nitrogen and oxygen atoms in total. The summed E-state index contributed by atoms with van der Waals surface area (Å²) in [5.74, 6) is 0.820. The van der Waals surface area contributed by atoms with Gasteiger partial charge in [0.25, 0.3) is 5.91 Å². The van der Waals surface area contributed by atoms with Crippen LogP contribution in [0.5, 0.6) is 0 Å². The molecular weight excluding hydrogens is 324 g/mol. The van der Waals surface area contributed by atoms with Crippen molar-refractivity contribution in [3.63, 3.8) is 0 Å². The molecule has 0 N–H and O–H groups in total. The van der Waals surface area contributed by atoms with Crippen LogP contribution in [0, 0.1) is 0 Å². The van der Waals surface area contributed by atoms with E-state index in [2.05, 4.69) is 41.1 Å². The largest absolute Gasteiger partial charge is 0.351 e. The SMILES string of the molecule is CCC1CCCCN1C(=O)c1ccc(N(CC)Cc2ccccc2)nn1. The maximum Gasteiger partial charge on any atom is 0.274 e. The number of piperidine rings is 1. The number of hydrogen-bond acceptors (Lipinski definition) is 4. The molecule has 138 valence electrons. The third kappa shape index (κ3) is 4.21. The average Bonchev–Trinajstić information content (AvgIpc) is 2.72. The monoisotopic (exact) mass is 352 g/mol. The van der Waals surface area contributed by atoms with Gasteiger partial charge in [0.05, 0.1) is 0 Å². The van der Waals surface area contributed by atoms with Crippen molar-refractivity contribution >= 4 is 11.7 Å². The Bertz CT molecular complexity index is 702. The molecule has 1 saturated heterocycles. The van der Waals surface area contributed by atoms with Crippen LogP contribution in [0.15, 0.2) is 42.5 Å². The van der Waals surface area contributed by atoms with Crippen LogP contribution in [0.4, 0.5) is 5.82 Å². The molecule has 0 saturated carbocycles. The Balaban J connectivity index is 1.71. The Hall–Kier alpha value is -2.43. The molecule has 0 radical (unpaired) electrons. The molecule has 1 fully saturated rings. The Kier molecular flexibility index (Phi) is 6.21. The third-order valence-electron chi connectivity index (χ3n) is 5.15. The number of rotatable bonds is 6. The van der Waals surface area contributed by atoms with Crippen LogP contribution in [0.3, 0.4) is 0 Å². The molecule has 1 aromatic heterocycles. The highest BCUT2D eigenvalue weighted by Crippen LogP contribution is 2.22. The van der Waals surface area contributed by atoms with Crippen molar-refractivity contribution in [2.24, 2.45) is 0 Å². The summed E-state index contributed by atoms with van der Waals surface area (Å²) in [4.78, 5) is 17.0. The van der Waals surface area contributed by atoms with Crippen LogP contribution in [0.2, 0.25) is 0 Å². The number of nitrogens with zero attached hydrogens (tertiary/aromatic N) is 4. The average molecular weight is 352 g/mol. The molecule has 0 spiro atoms. The number of likely N-dealkylation sites (tertiary alicyclic amines) is 1. The minimum Gasteiger partial charge on any atom is -0.351 e. The maximum absolute atomic E-state index is 12.8. The molecule has 0 bridgehead atoms. The minimum absolute atomic E-state index is 0.0155. The van der Waals surface area contributed by atoms with E-state index < -0.39 is 0 Å². The molecule has 1 aliphatic rings. The summed E-state index contributed by atoms with van der Waals surface area (Å²) < 4.78 is 0. The van der Waals surface area contributed by atoms with Crippen LogP contribution >= 0.6 is 0 Å². The van der Waals surface area contributed by atoms with Crippen molar-refractivity contribution in [2.45, 2.75) is 52.1 Å². The van der Waals surface area contributed by atoms with Crippen molar-refractivity contribution in [1.29, 1.82) is 0 Å². The normalized spacial score (nSPS) is 17.2. The first-order chi connectivity index (χ1) is 12.7. The Morgan fingerprint density at radius 1 is 1.12 bits per heavy atom. The van der Waals surface area contributed by atoms with Gasteiger partial charge in [-0.1, -0.05) is 37.3 Å². The van der Waals surface area contributed by atoms with Gasteiger partial charge >= 0.3 is 0 Å². The fourth-order valence-corrected chi connectivity index (χ4v) is 3.61. The predicted molar refractivity (Wildman–Crippen MR) is 104 cm³/mol. The molecule has 0 aliphatic carbocycles. The van der Waals surface area contributed by atoms with Crippen molar-refractivity contribution in [2.75, 3.05) is 18.0 Å². The van der Waals surface area contributed by atoms with Gasteiger partial charge in [-0.3, -0.25) is 4.79 Å². The third-order valence-corrected chi connectivity index (χ3v) is 5.15. The number of carbonyl (C=O) groups excluding carboxylic acids is 1. The number of hydrogen-bond donors (Lipinski definition) is 0. The van der Waals surface area contributed by atoms with Gasteiger partial charge in [-0.25, -0.2) is 0 Å². The van der Waals surface area contributed by atoms with E-state index in [1.807, 2.05) is 35.2 Å². The number of anilines is 1. The van der Waals surface area contributed by atoms with Gasteiger partial charge in [0.15, 0.2) is 11.5 Å². The Labute approximate surface area is 156 Å². The maximum atomic E-state index is 12.8.